The Labute approximate surface area is 117 Å². The van der Waals surface area contributed by atoms with E-state index in [0.717, 1.165) is 5.56 Å². The van der Waals surface area contributed by atoms with Crippen LogP contribution in [0.3, 0.4) is 0 Å². The van der Waals surface area contributed by atoms with Gasteiger partial charge >= 0.3 is 7.12 Å². The maximum Gasteiger partial charge on any atom is 0.517 e. The van der Waals surface area contributed by atoms with E-state index < -0.39 is 18.3 Å². The van der Waals surface area contributed by atoms with E-state index >= 15 is 0 Å². The summed E-state index contributed by atoms with van der Waals surface area (Å²) in [5.74, 6) is 0.454. The molecule has 104 valence electrons. The molecule has 20 heavy (non-hydrogen) atoms. The predicted molar refractivity (Wildman–Crippen MR) is 73.2 cm³/mol. The number of hydrogen-bond acceptors (Lipinski definition) is 6. The van der Waals surface area contributed by atoms with Crippen LogP contribution in [-0.4, -0.2) is 33.3 Å². The van der Waals surface area contributed by atoms with Crippen molar-refractivity contribution in [2.45, 2.75) is 38.9 Å². The summed E-state index contributed by atoms with van der Waals surface area (Å²) < 4.78 is 17.3. The van der Waals surface area contributed by atoms with Gasteiger partial charge in [-0.3, -0.25) is 0 Å². The molecule has 0 bridgehead atoms. The zero-order valence-electron chi connectivity index (χ0n) is 12.0. The highest BCUT2D eigenvalue weighted by Crippen LogP contribution is 2.36. The van der Waals surface area contributed by atoms with E-state index in [0.29, 0.717) is 11.5 Å². The molecule has 1 aliphatic rings. The molecule has 3 heterocycles. The van der Waals surface area contributed by atoms with Gasteiger partial charge in [-0.2, -0.15) is 0 Å². The topological polar surface area (TPSA) is 70.3 Å². The van der Waals surface area contributed by atoms with Crippen LogP contribution in [0.15, 0.2) is 29.4 Å². The summed E-state index contributed by atoms with van der Waals surface area (Å²) in [4.78, 5) is 12.3. The van der Waals surface area contributed by atoms with Gasteiger partial charge in [0.2, 0.25) is 5.89 Å². The average molecular weight is 273 g/mol. The number of aromatic nitrogens is 3. The third-order valence-corrected chi connectivity index (χ3v) is 3.82. The molecule has 1 saturated heterocycles. The lowest BCUT2D eigenvalue weighted by Crippen LogP contribution is -2.41. The molecule has 2 aromatic rings. The lowest BCUT2D eigenvalue weighted by atomic mass is 9.86. The smallest absolute Gasteiger partial charge is 0.445 e. The Bertz CT molecular complexity index is 596. The highest BCUT2D eigenvalue weighted by molar-refractivity contribution is 6.61. The molecule has 6 nitrogen and oxygen atoms in total. The molecular weight excluding hydrogens is 257 g/mol. The summed E-state index contributed by atoms with van der Waals surface area (Å²) in [6, 6.07) is 0. The molecule has 0 saturated carbocycles. The first kappa shape index (κ1) is 13.3. The zero-order valence-corrected chi connectivity index (χ0v) is 12.0. The number of rotatable bonds is 2. The maximum absolute atomic E-state index is 5.92. The molecule has 2 aromatic heterocycles. The van der Waals surface area contributed by atoms with Crippen LogP contribution >= 0.6 is 0 Å². The van der Waals surface area contributed by atoms with Crippen LogP contribution in [0.1, 0.15) is 27.7 Å². The first-order chi connectivity index (χ1) is 9.39. The monoisotopic (exact) mass is 273 g/mol. The molecular formula is C13H16BN3O3. The predicted octanol–water partition coefficient (Wildman–Crippen LogP) is 1.43. The minimum atomic E-state index is -0.526. The van der Waals surface area contributed by atoms with Crippen molar-refractivity contribution in [3.05, 3.63) is 25.0 Å². The SMILES string of the molecule is CC1(C)OB(c2coc(-c3cncnc3)n2)OC1(C)C. The van der Waals surface area contributed by atoms with Gasteiger partial charge in [0.25, 0.3) is 0 Å². The molecule has 0 N–H and O–H groups in total. The van der Waals surface area contributed by atoms with Gasteiger partial charge in [0, 0.05) is 12.4 Å². The van der Waals surface area contributed by atoms with Crippen molar-refractivity contribution in [1.29, 1.82) is 0 Å². The van der Waals surface area contributed by atoms with E-state index in [9.17, 15) is 0 Å². The fourth-order valence-electron chi connectivity index (χ4n) is 1.90. The summed E-state index contributed by atoms with van der Waals surface area (Å²) in [5, 5.41) is 0. The van der Waals surface area contributed by atoms with Gasteiger partial charge in [0.05, 0.1) is 16.8 Å². The summed E-state index contributed by atoms with van der Waals surface area (Å²) in [6.07, 6.45) is 6.30. The molecule has 0 unspecified atom stereocenters. The maximum atomic E-state index is 5.92. The molecule has 3 rings (SSSR count). The van der Waals surface area contributed by atoms with Gasteiger partial charge in [0.15, 0.2) is 0 Å². The Kier molecular flexibility index (Phi) is 2.91. The average Bonchev–Trinajstić information content (AvgIpc) is 2.94. The summed E-state index contributed by atoms with van der Waals surface area (Å²) in [5.41, 5.74) is 0.539. The highest BCUT2D eigenvalue weighted by atomic mass is 16.7. The minimum Gasteiger partial charge on any atom is -0.445 e. The molecule has 0 aliphatic carbocycles. The third-order valence-electron chi connectivity index (χ3n) is 3.82. The van der Waals surface area contributed by atoms with Gasteiger partial charge in [-0.25, -0.2) is 15.0 Å². The molecule has 7 heteroatoms. The Morgan fingerprint density at radius 1 is 1.00 bits per heavy atom. The highest BCUT2D eigenvalue weighted by Gasteiger charge is 2.52. The fraction of sp³-hybridized carbons (Fsp3) is 0.462. The molecule has 0 radical (unpaired) electrons. The lowest BCUT2D eigenvalue weighted by molar-refractivity contribution is 0.00578. The van der Waals surface area contributed by atoms with Crippen LogP contribution in [-0.2, 0) is 9.31 Å². The van der Waals surface area contributed by atoms with E-state index in [-0.39, 0.29) is 0 Å². The van der Waals surface area contributed by atoms with Crippen molar-refractivity contribution in [2.24, 2.45) is 0 Å². The Balaban J connectivity index is 1.86. The van der Waals surface area contributed by atoms with Crippen molar-refractivity contribution in [1.82, 2.24) is 15.0 Å². The van der Waals surface area contributed by atoms with Crippen LogP contribution in [0.4, 0.5) is 0 Å². The zero-order chi connectivity index (χ0) is 14.4. The van der Waals surface area contributed by atoms with Gasteiger partial charge in [-0.15, -0.1) is 0 Å². The van der Waals surface area contributed by atoms with E-state index in [2.05, 4.69) is 15.0 Å². The molecule has 0 atom stereocenters. The molecule has 0 amide bonds. The first-order valence-electron chi connectivity index (χ1n) is 6.45. The van der Waals surface area contributed by atoms with Crippen molar-refractivity contribution in [3.8, 4) is 11.5 Å². The minimum absolute atomic E-state index is 0.396. The molecule has 1 aliphatic heterocycles. The molecule has 1 fully saturated rings. The quantitative estimate of drug-likeness (QED) is 0.771. The second-order valence-electron chi connectivity index (χ2n) is 5.79. The summed E-state index contributed by atoms with van der Waals surface area (Å²) in [7, 11) is -0.526. The molecule has 0 aromatic carbocycles. The van der Waals surface area contributed by atoms with Crippen LogP contribution < -0.4 is 5.59 Å². The van der Waals surface area contributed by atoms with Crippen molar-refractivity contribution < 1.29 is 13.7 Å². The molecule has 0 spiro atoms. The van der Waals surface area contributed by atoms with Crippen LogP contribution in [0.25, 0.3) is 11.5 Å². The van der Waals surface area contributed by atoms with Crippen LogP contribution in [0, 0.1) is 0 Å². The summed E-state index contributed by atoms with van der Waals surface area (Å²) >= 11 is 0. The van der Waals surface area contributed by atoms with E-state index in [4.69, 9.17) is 13.7 Å². The Morgan fingerprint density at radius 3 is 2.20 bits per heavy atom. The summed E-state index contributed by atoms with van der Waals surface area (Å²) in [6.45, 7) is 8.00. The largest absolute Gasteiger partial charge is 0.517 e. The van der Waals surface area contributed by atoms with Gasteiger partial charge < -0.3 is 13.7 Å². The lowest BCUT2D eigenvalue weighted by Gasteiger charge is -2.32. The Morgan fingerprint density at radius 2 is 1.60 bits per heavy atom. The van der Waals surface area contributed by atoms with Crippen LogP contribution in [0.5, 0.6) is 0 Å². The van der Waals surface area contributed by atoms with E-state index in [1.165, 1.54) is 6.33 Å². The van der Waals surface area contributed by atoms with E-state index in [1.807, 2.05) is 27.7 Å². The van der Waals surface area contributed by atoms with Gasteiger partial charge in [-0.05, 0) is 27.7 Å². The van der Waals surface area contributed by atoms with E-state index in [1.54, 1.807) is 18.7 Å². The van der Waals surface area contributed by atoms with Crippen molar-refractivity contribution in [2.75, 3.05) is 0 Å². The van der Waals surface area contributed by atoms with Crippen molar-refractivity contribution in [3.63, 3.8) is 0 Å². The second-order valence-corrected chi connectivity index (χ2v) is 5.79. The number of oxazole rings is 1. The Hall–Kier alpha value is -1.73. The number of nitrogens with zero attached hydrogens (tertiary/aromatic N) is 3. The first-order valence-corrected chi connectivity index (χ1v) is 6.45. The number of hydrogen-bond donors (Lipinski definition) is 0. The van der Waals surface area contributed by atoms with Gasteiger partial charge in [-0.1, -0.05) is 0 Å². The van der Waals surface area contributed by atoms with Gasteiger partial charge in [0.1, 0.15) is 18.2 Å². The van der Waals surface area contributed by atoms with Crippen LogP contribution in [0.2, 0.25) is 0 Å². The fourth-order valence-corrected chi connectivity index (χ4v) is 1.90. The normalized spacial score (nSPS) is 20.3. The standard InChI is InChI=1S/C13H16BN3O3/c1-12(2)13(3,4)20-14(19-12)10-7-18-11(17-10)9-5-15-8-16-6-9/h5-8H,1-4H3. The second kappa shape index (κ2) is 4.39. The van der Waals surface area contributed by atoms with Crippen molar-refractivity contribution >= 4 is 12.7 Å². The third kappa shape index (κ3) is 2.12.